The first-order valence-corrected chi connectivity index (χ1v) is 8.55. The van der Waals surface area contributed by atoms with Crippen LogP contribution < -0.4 is 4.90 Å². The van der Waals surface area contributed by atoms with Crippen molar-refractivity contribution in [3.05, 3.63) is 29.8 Å². The number of rotatable bonds is 4. The van der Waals surface area contributed by atoms with E-state index in [9.17, 15) is 10.2 Å². The number of hydrogen-bond donors (Lipinski definition) is 2. The van der Waals surface area contributed by atoms with Crippen LogP contribution in [-0.2, 0) is 11.3 Å². The number of nitrogens with zero attached hydrogens (tertiary/aromatic N) is 2. The van der Waals surface area contributed by atoms with Crippen molar-refractivity contribution in [2.75, 3.05) is 44.8 Å². The van der Waals surface area contributed by atoms with Gasteiger partial charge in [-0.05, 0) is 24.5 Å². The van der Waals surface area contributed by atoms with Gasteiger partial charge in [-0.2, -0.15) is 0 Å². The van der Waals surface area contributed by atoms with Crippen molar-refractivity contribution in [1.29, 1.82) is 0 Å². The molecule has 0 bridgehead atoms. The van der Waals surface area contributed by atoms with E-state index in [-0.39, 0.29) is 0 Å². The quantitative estimate of drug-likeness (QED) is 0.874. The number of aliphatic hydroxyl groups is 2. The summed E-state index contributed by atoms with van der Waals surface area (Å²) in [6.07, 6.45) is 1.17. The average Bonchev–Trinajstić information content (AvgIpc) is 2.67. The second-order valence-corrected chi connectivity index (χ2v) is 6.98. The summed E-state index contributed by atoms with van der Waals surface area (Å²) in [5.41, 5.74) is 1.80. The highest BCUT2D eigenvalue weighted by molar-refractivity contribution is 5.53. The zero-order valence-electron chi connectivity index (χ0n) is 13.9. The van der Waals surface area contributed by atoms with Gasteiger partial charge in [0.25, 0.3) is 0 Å². The maximum atomic E-state index is 10.6. The molecule has 1 atom stereocenters. The van der Waals surface area contributed by atoms with Crippen LogP contribution in [-0.4, -0.2) is 66.7 Å². The minimum atomic E-state index is -0.766. The molecule has 0 amide bonds. The highest BCUT2D eigenvalue weighted by atomic mass is 16.5. The Hall–Kier alpha value is -1.14. The van der Waals surface area contributed by atoms with Gasteiger partial charge < -0.3 is 19.8 Å². The summed E-state index contributed by atoms with van der Waals surface area (Å²) in [4.78, 5) is 4.56. The van der Waals surface area contributed by atoms with E-state index in [2.05, 4.69) is 41.1 Å². The molecular weight excluding hydrogens is 292 g/mol. The summed E-state index contributed by atoms with van der Waals surface area (Å²) in [5, 5.41) is 21.0. The smallest absolute Gasteiger partial charge is 0.0716 e. The van der Waals surface area contributed by atoms with Gasteiger partial charge in [0.1, 0.15) is 0 Å². The summed E-state index contributed by atoms with van der Waals surface area (Å²) in [5.74, 6) is 0. The van der Waals surface area contributed by atoms with Crippen LogP contribution in [0.4, 0.5) is 5.69 Å². The first-order chi connectivity index (χ1) is 11.1. The third kappa shape index (κ3) is 4.23. The predicted molar refractivity (Wildman–Crippen MR) is 90.6 cm³/mol. The molecule has 5 nitrogen and oxygen atoms in total. The average molecular weight is 320 g/mol. The van der Waals surface area contributed by atoms with E-state index in [4.69, 9.17) is 4.74 Å². The Morgan fingerprint density at radius 3 is 2.74 bits per heavy atom. The second-order valence-electron chi connectivity index (χ2n) is 6.98. The lowest BCUT2D eigenvalue weighted by Crippen LogP contribution is -2.43. The summed E-state index contributed by atoms with van der Waals surface area (Å²) in [6, 6.07) is 8.44. The maximum absolute atomic E-state index is 10.6. The molecule has 23 heavy (non-hydrogen) atoms. The zero-order valence-corrected chi connectivity index (χ0v) is 13.9. The number of β-amino-alcohol motifs (C(OH)–C–C–N with tert-alkyl or cyclic N) is 1. The Kier molecular flexibility index (Phi) is 5.21. The Labute approximate surface area is 138 Å². The van der Waals surface area contributed by atoms with Crippen LogP contribution in [0.2, 0.25) is 0 Å². The van der Waals surface area contributed by atoms with Gasteiger partial charge in [-0.3, -0.25) is 4.90 Å². The van der Waals surface area contributed by atoms with Crippen LogP contribution in [0, 0.1) is 0 Å². The molecular formula is C18H28N2O3. The first kappa shape index (κ1) is 16.7. The molecule has 3 rings (SSSR count). The molecule has 0 aliphatic carbocycles. The number of likely N-dealkylation sites (N-methyl/N-ethyl adjacent to an activating group) is 1. The number of fused-ring (bicyclic) bond motifs is 1. The number of ether oxygens (including phenoxy) is 1. The molecule has 2 N–H and O–H groups in total. The lowest BCUT2D eigenvalue weighted by molar-refractivity contribution is -0.0894. The van der Waals surface area contributed by atoms with Crippen molar-refractivity contribution in [2.45, 2.75) is 37.5 Å². The molecule has 1 aromatic rings. The third-order valence-corrected chi connectivity index (χ3v) is 5.06. The molecule has 2 aliphatic rings. The van der Waals surface area contributed by atoms with Crippen molar-refractivity contribution in [3.8, 4) is 0 Å². The van der Waals surface area contributed by atoms with Crippen LogP contribution in [0.1, 0.15) is 24.8 Å². The first-order valence-electron chi connectivity index (χ1n) is 8.55. The van der Waals surface area contributed by atoms with E-state index in [1.54, 1.807) is 0 Å². The number of hydrogen-bond acceptors (Lipinski definition) is 5. The van der Waals surface area contributed by atoms with E-state index in [0.717, 1.165) is 19.6 Å². The largest absolute Gasteiger partial charge is 0.392 e. The molecule has 0 spiro atoms. The Morgan fingerprint density at radius 2 is 1.96 bits per heavy atom. The van der Waals surface area contributed by atoms with Gasteiger partial charge in [0.05, 0.1) is 11.7 Å². The van der Waals surface area contributed by atoms with Gasteiger partial charge in [0.15, 0.2) is 0 Å². The molecule has 0 aromatic heterocycles. The van der Waals surface area contributed by atoms with Crippen molar-refractivity contribution in [3.63, 3.8) is 0 Å². The van der Waals surface area contributed by atoms with Gasteiger partial charge >= 0.3 is 0 Å². The molecule has 0 radical (unpaired) electrons. The standard InChI is InChI=1S/C18H28N2O3/c1-19-8-9-20(13-15-4-2-3-5-17(15)19)14-16(21)12-18(22)6-10-23-11-7-18/h2-5,16,21-22H,6-14H2,1H3. The fraction of sp³-hybridized carbons (Fsp3) is 0.667. The van der Waals surface area contributed by atoms with Crippen LogP contribution >= 0.6 is 0 Å². The molecule has 2 aliphatic heterocycles. The summed E-state index contributed by atoms with van der Waals surface area (Å²) < 4.78 is 5.31. The molecule has 1 unspecified atom stereocenters. The number of aliphatic hydroxyl groups excluding tert-OH is 1. The molecule has 0 saturated carbocycles. The zero-order chi connectivity index (χ0) is 16.3. The number of anilines is 1. The van der Waals surface area contributed by atoms with Crippen LogP contribution in [0.3, 0.4) is 0 Å². The van der Waals surface area contributed by atoms with E-state index in [1.165, 1.54) is 11.3 Å². The van der Waals surface area contributed by atoms with Gasteiger partial charge in [-0.15, -0.1) is 0 Å². The molecule has 128 valence electrons. The normalized spacial score (nSPS) is 23.2. The highest BCUT2D eigenvalue weighted by Crippen LogP contribution is 2.27. The second kappa shape index (κ2) is 7.18. The van der Waals surface area contributed by atoms with E-state index in [0.29, 0.717) is 39.0 Å². The minimum absolute atomic E-state index is 0.435. The van der Waals surface area contributed by atoms with Crippen LogP contribution in [0.5, 0.6) is 0 Å². The Morgan fingerprint density at radius 1 is 1.22 bits per heavy atom. The van der Waals surface area contributed by atoms with Crippen molar-refractivity contribution in [1.82, 2.24) is 4.90 Å². The van der Waals surface area contributed by atoms with E-state index in [1.807, 2.05) is 0 Å². The van der Waals surface area contributed by atoms with Gasteiger partial charge in [0, 0.05) is 58.5 Å². The van der Waals surface area contributed by atoms with Crippen LogP contribution in [0.15, 0.2) is 24.3 Å². The van der Waals surface area contributed by atoms with E-state index >= 15 is 0 Å². The SMILES string of the molecule is CN1CCN(CC(O)CC2(O)CCOCC2)Cc2ccccc21. The minimum Gasteiger partial charge on any atom is -0.392 e. The maximum Gasteiger partial charge on any atom is 0.0716 e. The van der Waals surface area contributed by atoms with E-state index < -0.39 is 11.7 Å². The molecule has 1 saturated heterocycles. The van der Waals surface area contributed by atoms with Crippen molar-refractivity contribution < 1.29 is 14.9 Å². The molecule has 1 aromatic carbocycles. The highest BCUT2D eigenvalue weighted by Gasteiger charge is 2.33. The Bertz CT molecular complexity index is 517. The van der Waals surface area contributed by atoms with Gasteiger partial charge in [-0.1, -0.05) is 18.2 Å². The Balaban J connectivity index is 1.59. The fourth-order valence-corrected chi connectivity index (χ4v) is 3.66. The summed E-state index contributed by atoms with van der Waals surface area (Å²) >= 11 is 0. The monoisotopic (exact) mass is 320 g/mol. The number of benzene rings is 1. The van der Waals surface area contributed by atoms with Crippen molar-refractivity contribution >= 4 is 5.69 Å². The van der Waals surface area contributed by atoms with Crippen LogP contribution in [0.25, 0.3) is 0 Å². The fourth-order valence-electron chi connectivity index (χ4n) is 3.66. The summed E-state index contributed by atoms with van der Waals surface area (Å²) in [6.45, 7) is 4.49. The lowest BCUT2D eigenvalue weighted by Gasteiger charge is -2.35. The number of para-hydroxylation sites is 1. The molecule has 1 fully saturated rings. The molecule has 5 heteroatoms. The van der Waals surface area contributed by atoms with Gasteiger partial charge in [0.2, 0.25) is 0 Å². The molecule has 2 heterocycles. The predicted octanol–water partition coefficient (Wildman–Crippen LogP) is 1.23. The summed E-state index contributed by atoms with van der Waals surface area (Å²) in [7, 11) is 2.11. The topological polar surface area (TPSA) is 56.2 Å². The van der Waals surface area contributed by atoms with Gasteiger partial charge in [-0.25, -0.2) is 0 Å². The van der Waals surface area contributed by atoms with Crippen molar-refractivity contribution in [2.24, 2.45) is 0 Å². The third-order valence-electron chi connectivity index (χ3n) is 5.06. The lowest BCUT2D eigenvalue weighted by atomic mass is 9.88.